The largest absolute Gasteiger partial charge is 0.305 e. The highest BCUT2D eigenvalue weighted by Crippen LogP contribution is 2.15. The number of rotatable bonds is 0. The van der Waals surface area contributed by atoms with E-state index in [2.05, 4.69) is 20.9 Å². The van der Waals surface area contributed by atoms with Crippen molar-refractivity contribution in [1.29, 1.82) is 0 Å². The predicted octanol–water partition coefficient (Wildman–Crippen LogP) is 2.10. The number of imidazole rings is 1. The first-order valence-electron chi connectivity index (χ1n) is 2.94. The minimum atomic E-state index is 1.08. The third kappa shape index (κ3) is 0.743. The first-order chi connectivity index (χ1) is 4.88. The second-order valence-electron chi connectivity index (χ2n) is 2.04. The molecular weight excluding hydrogens is 192 g/mol. The van der Waals surface area contributed by atoms with Crippen LogP contribution in [0.1, 0.15) is 0 Å². The summed E-state index contributed by atoms with van der Waals surface area (Å²) in [7, 11) is 0. The summed E-state index contributed by atoms with van der Waals surface area (Å²) in [5.74, 6) is 0. The molecule has 3 heteroatoms. The van der Waals surface area contributed by atoms with Gasteiger partial charge in [-0.1, -0.05) is 0 Å². The zero-order chi connectivity index (χ0) is 6.97. The van der Waals surface area contributed by atoms with E-state index >= 15 is 0 Å². The van der Waals surface area contributed by atoms with E-state index in [1.165, 1.54) is 0 Å². The highest BCUT2D eigenvalue weighted by Gasteiger charge is 1.94. The molecule has 0 aliphatic heterocycles. The van der Waals surface area contributed by atoms with Gasteiger partial charge in [0.15, 0.2) is 0 Å². The molecule has 2 rings (SSSR count). The maximum Gasteiger partial charge on any atom is 0.0992 e. The molecule has 0 saturated heterocycles. The first-order valence-corrected chi connectivity index (χ1v) is 3.73. The standard InChI is InChI=1S/C7H5BrN2/c8-6-2-1-3-10-5-9-4-7(6)10/h1-5H. The van der Waals surface area contributed by atoms with Gasteiger partial charge in [0, 0.05) is 10.7 Å². The van der Waals surface area contributed by atoms with Gasteiger partial charge in [-0.3, -0.25) is 0 Å². The van der Waals surface area contributed by atoms with Gasteiger partial charge in [0.25, 0.3) is 0 Å². The van der Waals surface area contributed by atoms with Crippen molar-refractivity contribution in [2.24, 2.45) is 0 Å². The van der Waals surface area contributed by atoms with Gasteiger partial charge in [-0.2, -0.15) is 0 Å². The Balaban J connectivity index is 2.95. The summed E-state index contributed by atoms with van der Waals surface area (Å²) >= 11 is 3.42. The molecule has 2 aromatic rings. The zero-order valence-corrected chi connectivity index (χ0v) is 6.75. The third-order valence-corrected chi connectivity index (χ3v) is 2.07. The van der Waals surface area contributed by atoms with Gasteiger partial charge in [-0.05, 0) is 28.1 Å². The summed E-state index contributed by atoms with van der Waals surface area (Å²) in [4.78, 5) is 4.00. The molecule has 10 heavy (non-hydrogen) atoms. The smallest absolute Gasteiger partial charge is 0.0992 e. The lowest BCUT2D eigenvalue weighted by molar-refractivity contribution is 1.15. The third-order valence-electron chi connectivity index (χ3n) is 1.40. The second-order valence-corrected chi connectivity index (χ2v) is 2.90. The molecule has 50 valence electrons. The van der Waals surface area contributed by atoms with Crippen molar-refractivity contribution in [2.45, 2.75) is 0 Å². The average Bonchev–Trinajstić information content (AvgIpc) is 2.36. The normalized spacial score (nSPS) is 10.5. The second kappa shape index (κ2) is 2.09. The SMILES string of the molecule is Brc1cccn2cncc12. The molecule has 0 aliphatic carbocycles. The lowest BCUT2D eigenvalue weighted by Gasteiger charge is -1.92. The van der Waals surface area contributed by atoms with Crippen LogP contribution in [0.4, 0.5) is 0 Å². The zero-order valence-electron chi connectivity index (χ0n) is 5.16. The maximum atomic E-state index is 4.00. The van der Waals surface area contributed by atoms with Crippen LogP contribution in [0.3, 0.4) is 0 Å². The van der Waals surface area contributed by atoms with Crippen molar-refractivity contribution in [3.8, 4) is 0 Å². The van der Waals surface area contributed by atoms with E-state index in [1.54, 1.807) is 6.33 Å². The van der Waals surface area contributed by atoms with Gasteiger partial charge in [-0.25, -0.2) is 4.98 Å². The topological polar surface area (TPSA) is 17.3 Å². The average molecular weight is 197 g/mol. The fraction of sp³-hybridized carbons (Fsp3) is 0. The molecule has 0 bridgehead atoms. The molecule has 0 atom stereocenters. The van der Waals surface area contributed by atoms with Gasteiger partial charge in [0.2, 0.25) is 0 Å². The van der Waals surface area contributed by atoms with Crippen LogP contribution in [-0.4, -0.2) is 9.38 Å². The van der Waals surface area contributed by atoms with E-state index in [0.717, 1.165) is 9.99 Å². The number of pyridine rings is 1. The number of fused-ring (bicyclic) bond motifs is 1. The van der Waals surface area contributed by atoms with Crippen molar-refractivity contribution >= 4 is 21.4 Å². The Morgan fingerprint density at radius 3 is 3.20 bits per heavy atom. The molecule has 2 nitrogen and oxygen atoms in total. The van der Waals surface area contributed by atoms with Crippen LogP contribution in [-0.2, 0) is 0 Å². The van der Waals surface area contributed by atoms with Gasteiger partial charge in [-0.15, -0.1) is 0 Å². The summed E-state index contributed by atoms with van der Waals surface area (Å²) < 4.78 is 3.04. The Labute approximate surface area is 66.6 Å². The monoisotopic (exact) mass is 196 g/mol. The van der Waals surface area contributed by atoms with Crippen LogP contribution >= 0.6 is 15.9 Å². The lowest BCUT2D eigenvalue weighted by Crippen LogP contribution is -1.79. The van der Waals surface area contributed by atoms with E-state index in [-0.39, 0.29) is 0 Å². The van der Waals surface area contributed by atoms with Gasteiger partial charge < -0.3 is 4.40 Å². The number of halogens is 1. The van der Waals surface area contributed by atoms with E-state index in [4.69, 9.17) is 0 Å². The van der Waals surface area contributed by atoms with Crippen molar-refractivity contribution in [2.75, 3.05) is 0 Å². The number of hydrogen-bond acceptors (Lipinski definition) is 1. The highest BCUT2D eigenvalue weighted by molar-refractivity contribution is 9.10. The molecule has 0 N–H and O–H groups in total. The van der Waals surface area contributed by atoms with Gasteiger partial charge in [0.05, 0.1) is 18.0 Å². The Kier molecular flexibility index (Phi) is 1.24. The summed E-state index contributed by atoms with van der Waals surface area (Å²) in [5.41, 5.74) is 1.10. The molecular formula is C7H5BrN2. The fourth-order valence-electron chi connectivity index (χ4n) is 0.914. The number of aromatic nitrogens is 2. The van der Waals surface area contributed by atoms with E-state index in [0.29, 0.717) is 0 Å². The molecule has 0 amide bonds. The molecule has 0 aliphatic rings. The van der Waals surface area contributed by atoms with Gasteiger partial charge in [0.1, 0.15) is 0 Å². The van der Waals surface area contributed by atoms with E-state index in [9.17, 15) is 0 Å². The number of hydrogen-bond donors (Lipinski definition) is 0. The van der Waals surface area contributed by atoms with E-state index in [1.807, 2.05) is 28.9 Å². The summed E-state index contributed by atoms with van der Waals surface area (Å²) in [6.07, 6.45) is 5.57. The molecule has 2 aromatic heterocycles. The lowest BCUT2D eigenvalue weighted by atomic mass is 10.4. The van der Waals surface area contributed by atoms with Crippen molar-refractivity contribution in [3.05, 3.63) is 35.3 Å². The van der Waals surface area contributed by atoms with Crippen LogP contribution < -0.4 is 0 Å². The summed E-state index contributed by atoms with van der Waals surface area (Å²) in [6, 6.07) is 3.97. The Morgan fingerprint density at radius 1 is 1.50 bits per heavy atom. The molecule has 0 radical (unpaired) electrons. The Hall–Kier alpha value is -0.830. The van der Waals surface area contributed by atoms with Crippen LogP contribution in [0.15, 0.2) is 35.3 Å². The molecule has 0 saturated carbocycles. The number of nitrogens with zero attached hydrogens (tertiary/aromatic N) is 2. The van der Waals surface area contributed by atoms with Crippen molar-refractivity contribution in [1.82, 2.24) is 9.38 Å². The molecule has 2 heterocycles. The minimum Gasteiger partial charge on any atom is -0.305 e. The van der Waals surface area contributed by atoms with Crippen molar-refractivity contribution in [3.63, 3.8) is 0 Å². The van der Waals surface area contributed by atoms with Crippen molar-refractivity contribution < 1.29 is 0 Å². The minimum absolute atomic E-state index is 1.08. The molecule has 0 aromatic carbocycles. The Morgan fingerprint density at radius 2 is 2.40 bits per heavy atom. The predicted molar refractivity (Wildman–Crippen MR) is 42.9 cm³/mol. The molecule has 0 unspecified atom stereocenters. The van der Waals surface area contributed by atoms with E-state index < -0.39 is 0 Å². The quantitative estimate of drug-likeness (QED) is 0.632. The highest BCUT2D eigenvalue weighted by atomic mass is 79.9. The molecule has 0 spiro atoms. The summed E-state index contributed by atoms with van der Waals surface area (Å²) in [6.45, 7) is 0. The molecule has 0 fully saturated rings. The maximum absolute atomic E-state index is 4.00. The summed E-state index contributed by atoms with van der Waals surface area (Å²) in [5, 5.41) is 0. The van der Waals surface area contributed by atoms with Crippen LogP contribution in [0.25, 0.3) is 5.52 Å². The van der Waals surface area contributed by atoms with Crippen LogP contribution in [0.2, 0.25) is 0 Å². The van der Waals surface area contributed by atoms with Crippen LogP contribution in [0.5, 0.6) is 0 Å². The Bertz CT molecular complexity index is 353. The fourth-order valence-corrected chi connectivity index (χ4v) is 1.37. The van der Waals surface area contributed by atoms with Gasteiger partial charge >= 0.3 is 0 Å². The first kappa shape index (κ1) is 5.92. The van der Waals surface area contributed by atoms with Crippen LogP contribution in [0, 0.1) is 0 Å².